The van der Waals surface area contributed by atoms with Crippen LogP contribution in [0.5, 0.6) is 0 Å². The molecule has 0 fully saturated rings. The minimum Gasteiger partial charge on any atom is -0.223 e. The second-order valence-electron chi connectivity index (χ2n) is 4.47. The molecule has 96 valence electrons. The zero-order valence-electron chi connectivity index (χ0n) is 10.9. The maximum Gasteiger partial charge on any atom is 0.182 e. The van der Waals surface area contributed by atoms with E-state index >= 15 is 0 Å². The Balaban J connectivity index is 3.00. The van der Waals surface area contributed by atoms with Crippen LogP contribution in [0, 0.1) is 18.3 Å². The van der Waals surface area contributed by atoms with Gasteiger partial charge in [0.05, 0.1) is 23.1 Å². The van der Waals surface area contributed by atoms with Gasteiger partial charge >= 0.3 is 0 Å². The molecule has 1 rings (SSSR count). The standard InChI is InChI=1S/C14H17NO2S/c1-11-4-6-14(7-5-11)18(16,17)10-13(3)12(2)8-9-15/h4-7H,8,10H2,1-3H3/b13-12-. The third kappa shape index (κ3) is 3.71. The summed E-state index contributed by atoms with van der Waals surface area (Å²) >= 11 is 0. The summed E-state index contributed by atoms with van der Waals surface area (Å²) in [4.78, 5) is 0.331. The highest BCUT2D eigenvalue weighted by Gasteiger charge is 2.15. The zero-order chi connectivity index (χ0) is 13.8. The molecule has 0 atom stereocenters. The zero-order valence-corrected chi connectivity index (χ0v) is 11.7. The number of benzene rings is 1. The molecule has 0 aromatic heterocycles. The molecule has 1 aromatic rings. The Kier molecular flexibility index (Phi) is 4.69. The molecule has 0 N–H and O–H groups in total. The lowest BCUT2D eigenvalue weighted by atomic mass is 10.1. The van der Waals surface area contributed by atoms with Crippen molar-refractivity contribution in [2.45, 2.75) is 32.1 Å². The van der Waals surface area contributed by atoms with Crippen molar-refractivity contribution < 1.29 is 8.42 Å². The minimum absolute atomic E-state index is 0.0242. The van der Waals surface area contributed by atoms with Gasteiger partial charge in [0.25, 0.3) is 0 Å². The van der Waals surface area contributed by atoms with Crippen LogP contribution in [0.4, 0.5) is 0 Å². The first-order chi connectivity index (χ1) is 8.36. The van der Waals surface area contributed by atoms with Gasteiger partial charge in [0.2, 0.25) is 0 Å². The van der Waals surface area contributed by atoms with Crippen LogP contribution in [0.15, 0.2) is 40.3 Å². The minimum atomic E-state index is -3.31. The summed E-state index contributed by atoms with van der Waals surface area (Å²) in [5.74, 6) is -0.0242. The lowest BCUT2D eigenvalue weighted by Gasteiger charge is -2.07. The Bertz CT molecular complexity index is 590. The number of nitriles is 1. The number of allylic oxidation sites excluding steroid dienone is 1. The molecular weight excluding hydrogens is 246 g/mol. The maximum absolute atomic E-state index is 12.1. The normalized spacial score (nSPS) is 12.8. The number of hydrogen-bond acceptors (Lipinski definition) is 3. The van der Waals surface area contributed by atoms with Gasteiger partial charge in [0, 0.05) is 0 Å². The number of nitrogens with zero attached hydrogens (tertiary/aromatic N) is 1. The van der Waals surface area contributed by atoms with E-state index in [4.69, 9.17) is 5.26 Å². The highest BCUT2D eigenvalue weighted by molar-refractivity contribution is 7.91. The lowest BCUT2D eigenvalue weighted by molar-refractivity contribution is 0.598. The summed E-state index contributed by atoms with van der Waals surface area (Å²) in [7, 11) is -3.31. The fourth-order valence-corrected chi connectivity index (χ4v) is 3.04. The fraction of sp³-hybridized carbons (Fsp3) is 0.357. The van der Waals surface area contributed by atoms with E-state index in [9.17, 15) is 8.42 Å². The molecule has 0 amide bonds. The highest BCUT2D eigenvalue weighted by atomic mass is 32.2. The molecule has 0 aliphatic carbocycles. The molecule has 0 aliphatic rings. The third-order valence-corrected chi connectivity index (χ3v) is 4.66. The van der Waals surface area contributed by atoms with Gasteiger partial charge in [-0.3, -0.25) is 0 Å². The summed E-state index contributed by atoms with van der Waals surface area (Å²) in [6, 6.07) is 8.85. The predicted molar refractivity (Wildman–Crippen MR) is 71.8 cm³/mol. The van der Waals surface area contributed by atoms with E-state index in [1.54, 1.807) is 38.1 Å². The second kappa shape index (κ2) is 5.83. The van der Waals surface area contributed by atoms with E-state index in [0.29, 0.717) is 4.90 Å². The van der Waals surface area contributed by atoms with Gasteiger partial charge < -0.3 is 0 Å². The molecule has 0 bridgehead atoms. The highest BCUT2D eigenvalue weighted by Crippen LogP contribution is 2.17. The predicted octanol–water partition coefficient (Wildman–Crippen LogP) is 3.02. The Labute approximate surface area is 109 Å². The van der Waals surface area contributed by atoms with E-state index in [1.165, 1.54) is 0 Å². The van der Waals surface area contributed by atoms with Crippen LogP contribution in [0.3, 0.4) is 0 Å². The number of rotatable bonds is 4. The molecular formula is C14H17NO2S. The summed E-state index contributed by atoms with van der Waals surface area (Å²) in [6.07, 6.45) is 0.273. The van der Waals surface area contributed by atoms with Crippen molar-refractivity contribution in [2.75, 3.05) is 5.75 Å². The smallest absolute Gasteiger partial charge is 0.182 e. The molecule has 4 heteroatoms. The van der Waals surface area contributed by atoms with E-state index in [0.717, 1.165) is 16.7 Å². The van der Waals surface area contributed by atoms with Crippen molar-refractivity contribution in [3.05, 3.63) is 41.0 Å². The SMILES string of the molecule is C/C(CC#N)=C(\C)CS(=O)(=O)c1ccc(C)cc1. The summed E-state index contributed by atoms with van der Waals surface area (Å²) in [6.45, 7) is 5.47. The van der Waals surface area contributed by atoms with Crippen molar-refractivity contribution in [3.8, 4) is 6.07 Å². The summed E-state index contributed by atoms with van der Waals surface area (Å²) in [5.41, 5.74) is 2.60. The van der Waals surface area contributed by atoms with Crippen LogP contribution >= 0.6 is 0 Å². The molecule has 0 spiro atoms. The van der Waals surface area contributed by atoms with Crippen molar-refractivity contribution in [1.82, 2.24) is 0 Å². The molecule has 0 saturated heterocycles. The Morgan fingerprint density at radius 3 is 2.22 bits per heavy atom. The molecule has 0 radical (unpaired) electrons. The molecule has 0 saturated carbocycles. The third-order valence-electron chi connectivity index (χ3n) is 2.86. The Hall–Kier alpha value is -1.60. The van der Waals surface area contributed by atoms with Crippen LogP contribution in [-0.2, 0) is 9.84 Å². The van der Waals surface area contributed by atoms with Crippen LogP contribution < -0.4 is 0 Å². The van der Waals surface area contributed by atoms with Crippen molar-refractivity contribution in [1.29, 1.82) is 5.26 Å². The quantitative estimate of drug-likeness (QED) is 0.784. The summed E-state index contributed by atoms with van der Waals surface area (Å²) < 4.78 is 24.3. The van der Waals surface area contributed by atoms with Crippen LogP contribution in [0.25, 0.3) is 0 Å². The second-order valence-corrected chi connectivity index (χ2v) is 6.46. The summed E-state index contributed by atoms with van der Waals surface area (Å²) in [5, 5.41) is 8.60. The topological polar surface area (TPSA) is 57.9 Å². The van der Waals surface area contributed by atoms with Crippen LogP contribution in [-0.4, -0.2) is 14.2 Å². The maximum atomic E-state index is 12.1. The molecule has 1 aromatic carbocycles. The van der Waals surface area contributed by atoms with Crippen molar-refractivity contribution in [2.24, 2.45) is 0 Å². The lowest BCUT2D eigenvalue weighted by Crippen LogP contribution is -2.09. The number of hydrogen-bond donors (Lipinski definition) is 0. The number of sulfone groups is 1. The molecule has 0 aliphatic heterocycles. The van der Waals surface area contributed by atoms with E-state index in [-0.39, 0.29) is 12.2 Å². The average molecular weight is 263 g/mol. The number of aryl methyl sites for hydroxylation is 1. The van der Waals surface area contributed by atoms with Gasteiger partial charge in [0.15, 0.2) is 9.84 Å². The van der Waals surface area contributed by atoms with Crippen molar-refractivity contribution >= 4 is 9.84 Å². The van der Waals surface area contributed by atoms with Gasteiger partial charge in [-0.15, -0.1) is 0 Å². The monoisotopic (exact) mass is 263 g/mol. The molecule has 0 unspecified atom stereocenters. The average Bonchev–Trinajstić information content (AvgIpc) is 2.29. The molecule has 3 nitrogen and oxygen atoms in total. The molecule has 0 heterocycles. The Morgan fingerprint density at radius 1 is 1.17 bits per heavy atom. The molecule has 18 heavy (non-hydrogen) atoms. The van der Waals surface area contributed by atoms with Gasteiger partial charge in [0.1, 0.15) is 0 Å². The Morgan fingerprint density at radius 2 is 1.72 bits per heavy atom. The first-order valence-electron chi connectivity index (χ1n) is 5.68. The first-order valence-corrected chi connectivity index (χ1v) is 7.33. The van der Waals surface area contributed by atoms with Crippen LogP contribution in [0.2, 0.25) is 0 Å². The largest absolute Gasteiger partial charge is 0.223 e. The van der Waals surface area contributed by atoms with E-state index < -0.39 is 9.84 Å². The van der Waals surface area contributed by atoms with E-state index in [1.807, 2.05) is 13.0 Å². The van der Waals surface area contributed by atoms with Gasteiger partial charge in [-0.2, -0.15) is 5.26 Å². The first kappa shape index (κ1) is 14.5. The van der Waals surface area contributed by atoms with Crippen LogP contribution in [0.1, 0.15) is 25.8 Å². The van der Waals surface area contributed by atoms with Crippen molar-refractivity contribution in [3.63, 3.8) is 0 Å². The fourth-order valence-electron chi connectivity index (χ4n) is 1.51. The van der Waals surface area contributed by atoms with Gasteiger partial charge in [-0.05, 0) is 32.9 Å². The van der Waals surface area contributed by atoms with Gasteiger partial charge in [-0.25, -0.2) is 8.42 Å². The van der Waals surface area contributed by atoms with E-state index in [2.05, 4.69) is 0 Å². The van der Waals surface area contributed by atoms with Gasteiger partial charge in [-0.1, -0.05) is 28.8 Å².